The van der Waals surface area contributed by atoms with E-state index in [9.17, 15) is 8.42 Å². The Balaban J connectivity index is 2.17. The van der Waals surface area contributed by atoms with E-state index in [1.165, 1.54) is 11.3 Å². The Bertz CT molecular complexity index is 732. The van der Waals surface area contributed by atoms with E-state index in [1.807, 2.05) is 6.92 Å². The Labute approximate surface area is 141 Å². The van der Waals surface area contributed by atoms with Gasteiger partial charge < -0.3 is 5.32 Å². The zero-order valence-electron chi connectivity index (χ0n) is 11.2. The van der Waals surface area contributed by atoms with Crippen LogP contribution in [-0.2, 0) is 16.6 Å². The maximum absolute atomic E-state index is 12.3. The molecule has 0 saturated carbocycles. The van der Waals surface area contributed by atoms with E-state index in [4.69, 9.17) is 11.6 Å². The number of hydrogen-bond acceptors (Lipinski definition) is 4. The Kier molecular flexibility index (Phi) is 5.67. The van der Waals surface area contributed by atoms with Gasteiger partial charge in [-0.05, 0) is 46.7 Å². The van der Waals surface area contributed by atoms with Crippen LogP contribution in [0.5, 0.6) is 0 Å². The molecule has 0 aliphatic carbocycles. The maximum atomic E-state index is 12.3. The van der Waals surface area contributed by atoms with Crippen molar-refractivity contribution in [3.05, 3.63) is 44.0 Å². The van der Waals surface area contributed by atoms with Gasteiger partial charge in [0.15, 0.2) is 0 Å². The van der Waals surface area contributed by atoms with E-state index in [-0.39, 0.29) is 4.90 Å². The van der Waals surface area contributed by atoms with Crippen molar-refractivity contribution in [3.8, 4) is 0 Å². The molecule has 1 aromatic carbocycles. The summed E-state index contributed by atoms with van der Waals surface area (Å²) in [4.78, 5) is 1.24. The summed E-state index contributed by atoms with van der Waals surface area (Å²) in [6.45, 7) is 3.51. The van der Waals surface area contributed by atoms with Gasteiger partial charge >= 0.3 is 0 Å². The van der Waals surface area contributed by atoms with E-state index in [1.54, 1.807) is 29.6 Å². The molecule has 21 heavy (non-hydrogen) atoms. The molecule has 4 nitrogen and oxygen atoms in total. The molecular weight excluding hydrogens is 396 g/mol. The first-order valence-corrected chi connectivity index (χ1v) is 9.71. The van der Waals surface area contributed by atoms with E-state index in [2.05, 4.69) is 26.0 Å². The molecule has 1 aromatic heterocycles. The SMILES string of the molecule is CCNCc1cc(S(=O)(=O)Nc2ccc(Br)c(Cl)c2)cs1. The summed E-state index contributed by atoms with van der Waals surface area (Å²) in [5.74, 6) is 0. The van der Waals surface area contributed by atoms with Crippen LogP contribution in [0.25, 0.3) is 0 Å². The van der Waals surface area contributed by atoms with Crippen molar-refractivity contribution in [2.45, 2.75) is 18.4 Å². The zero-order valence-corrected chi connectivity index (χ0v) is 15.2. The second-order valence-electron chi connectivity index (χ2n) is 4.26. The molecule has 0 atom stereocenters. The minimum absolute atomic E-state index is 0.263. The first kappa shape index (κ1) is 16.8. The van der Waals surface area contributed by atoms with Crippen LogP contribution in [0.2, 0.25) is 5.02 Å². The third-order valence-corrected chi connectivity index (χ3v) is 6.34. The molecule has 2 aromatic rings. The van der Waals surface area contributed by atoms with Crippen LogP contribution in [-0.4, -0.2) is 15.0 Å². The summed E-state index contributed by atoms with van der Waals surface area (Å²) in [5, 5.41) is 5.25. The molecule has 0 spiro atoms. The summed E-state index contributed by atoms with van der Waals surface area (Å²) in [6, 6.07) is 6.59. The Hall–Kier alpha value is -0.600. The topological polar surface area (TPSA) is 58.2 Å². The molecule has 0 radical (unpaired) electrons. The molecule has 0 unspecified atom stereocenters. The minimum atomic E-state index is -3.59. The average molecular weight is 410 g/mol. The number of nitrogens with one attached hydrogen (secondary N) is 2. The van der Waals surface area contributed by atoms with Gasteiger partial charge in [0.05, 0.1) is 15.6 Å². The highest BCUT2D eigenvalue weighted by Crippen LogP contribution is 2.27. The van der Waals surface area contributed by atoms with Gasteiger partial charge in [-0.1, -0.05) is 18.5 Å². The number of benzene rings is 1. The second-order valence-corrected chi connectivity index (χ2v) is 8.20. The molecule has 0 fully saturated rings. The maximum Gasteiger partial charge on any atom is 0.262 e. The predicted molar refractivity (Wildman–Crippen MR) is 91.7 cm³/mol. The number of hydrogen-bond donors (Lipinski definition) is 2. The number of thiophene rings is 1. The molecule has 1 heterocycles. The lowest BCUT2D eigenvalue weighted by Crippen LogP contribution is -2.13. The van der Waals surface area contributed by atoms with Crippen molar-refractivity contribution >= 4 is 54.6 Å². The lowest BCUT2D eigenvalue weighted by molar-refractivity contribution is 0.601. The first-order valence-electron chi connectivity index (χ1n) is 6.18. The van der Waals surface area contributed by atoms with Crippen molar-refractivity contribution < 1.29 is 8.42 Å². The van der Waals surface area contributed by atoms with Gasteiger partial charge in [-0.15, -0.1) is 11.3 Å². The molecule has 0 bridgehead atoms. The van der Waals surface area contributed by atoms with E-state index in [0.717, 1.165) is 15.9 Å². The molecule has 8 heteroatoms. The van der Waals surface area contributed by atoms with Crippen LogP contribution in [0.3, 0.4) is 0 Å². The quantitative estimate of drug-likeness (QED) is 0.756. The van der Waals surface area contributed by atoms with Crippen LogP contribution in [0, 0.1) is 0 Å². The van der Waals surface area contributed by atoms with Crippen LogP contribution in [0.4, 0.5) is 5.69 Å². The fourth-order valence-corrected chi connectivity index (χ4v) is 4.34. The molecule has 0 aliphatic heterocycles. The van der Waals surface area contributed by atoms with Crippen LogP contribution in [0.15, 0.2) is 39.0 Å². The molecule has 0 aliphatic rings. The van der Waals surface area contributed by atoms with Crippen molar-refractivity contribution in [1.82, 2.24) is 5.32 Å². The van der Waals surface area contributed by atoms with E-state index in [0.29, 0.717) is 17.3 Å². The van der Waals surface area contributed by atoms with Gasteiger partial charge in [0.2, 0.25) is 0 Å². The molecule has 2 N–H and O–H groups in total. The first-order chi connectivity index (χ1) is 9.92. The largest absolute Gasteiger partial charge is 0.312 e. The van der Waals surface area contributed by atoms with Crippen LogP contribution < -0.4 is 10.0 Å². The third kappa shape index (κ3) is 4.43. The van der Waals surface area contributed by atoms with Crippen molar-refractivity contribution in [1.29, 1.82) is 0 Å². The highest BCUT2D eigenvalue weighted by atomic mass is 79.9. The van der Waals surface area contributed by atoms with Crippen molar-refractivity contribution in [2.75, 3.05) is 11.3 Å². The highest BCUT2D eigenvalue weighted by molar-refractivity contribution is 9.10. The van der Waals surface area contributed by atoms with Crippen LogP contribution in [0.1, 0.15) is 11.8 Å². The fourth-order valence-electron chi connectivity index (χ4n) is 1.62. The van der Waals surface area contributed by atoms with Crippen molar-refractivity contribution in [2.24, 2.45) is 0 Å². The van der Waals surface area contributed by atoms with E-state index >= 15 is 0 Å². The summed E-state index contributed by atoms with van der Waals surface area (Å²) in [5.41, 5.74) is 0.433. The Morgan fingerprint density at radius 1 is 1.33 bits per heavy atom. The summed E-state index contributed by atoms with van der Waals surface area (Å²) >= 11 is 10.6. The lowest BCUT2D eigenvalue weighted by Gasteiger charge is -2.07. The number of anilines is 1. The lowest BCUT2D eigenvalue weighted by atomic mass is 10.3. The van der Waals surface area contributed by atoms with Gasteiger partial charge in [0.1, 0.15) is 0 Å². The van der Waals surface area contributed by atoms with Gasteiger partial charge in [0.25, 0.3) is 10.0 Å². The van der Waals surface area contributed by atoms with E-state index < -0.39 is 10.0 Å². The molecule has 2 rings (SSSR count). The van der Waals surface area contributed by atoms with Gasteiger partial charge in [-0.2, -0.15) is 0 Å². The number of rotatable bonds is 6. The zero-order chi connectivity index (χ0) is 15.5. The molecule has 0 saturated heterocycles. The van der Waals surface area contributed by atoms with Crippen LogP contribution >= 0.6 is 38.9 Å². The van der Waals surface area contributed by atoms with Gasteiger partial charge in [-0.25, -0.2) is 8.42 Å². The molecular formula is C13H14BrClN2O2S2. The summed E-state index contributed by atoms with van der Waals surface area (Å²) in [7, 11) is -3.59. The third-order valence-electron chi connectivity index (χ3n) is 2.66. The number of sulfonamides is 1. The van der Waals surface area contributed by atoms with Gasteiger partial charge in [-0.3, -0.25) is 4.72 Å². The Morgan fingerprint density at radius 3 is 2.76 bits per heavy atom. The standard InChI is InChI=1S/C13H14BrClN2O2S2/c1-2-16-7-10-6-11(8-20-10)21(18,19)17-9-3-4-12(14)13(15)5-9/h3-6,8,16-17H,2,7H2,1H3. The average Bonchev–Trinajstić information content (AvgIpc) is 2.90. The smallest absolute Gasteiger partial charge is 0.262 e. The second kappa shape index (κ2) is 7.11. The fraction of sp³-hybridized carbons (Fsp3) is 0.231. The van der Waals surface area contributed by atoms with Crippen molar-refractivity contribution in [3.63, 3.8) is 0 Å². The molecule has 0 amide bonds. The summed E-state index contributed by atoms with van der Waals surface area (Å²) in [6.07, 6.45) is 0. The highest BCUT2D eigenvalue weighted by Gasteiger charge is 2.16. The number of halogens is 2. The monoisotopic (exact) mass is 408 g/mol. The summed E-state index contributed by atoms with van der Waals surface area (Å²) < 4.78 is 27.9. The Morgan fingerprint density at radius 2 is 2.10 bits per heavy atom. The van der Waals surface area contributed by atoms with Gasteiger partial charge in [0, 0.05) is 21.3 Å². The normalized spacial score (nSPS) is 11.6. The molecule has 114 valence electrons. The predicted octanol–water partition coefficient (Wildman–Crippen LogP) is 4.07. The minimum Gasteiger partial charge on any atom is -0.312 e.